The summed E-state index contributed by atoms with van der Waals surface area (Å²) in [5.41, 5.74) is 0. The SMILES string of the molecule is FCOCC(Cl)C(F)(F)F. The molecule has 0 aliphatic carbocycles. The monoisotopic (exact) mass is 180 g/mol. The maximum atomic E-state index is 11.4. The number of halogens is 5. The van der Waals surface area contributed by atoms with Crippen LogP contribution in [0.5, 0.6) is 0 Å². The van der Waals surface area contributed by atoms with Crippen LogP contribution in [-0.2, 0) is 4.74 Å². The van der Waals surface area contributed by atoms with Crippen molar-refractivity contribution in [3.63, 3.8) is 0 Å². The molecule has 1 atom stereocenters. The van der Waals surface area contributed by atoms with Gasteiger partial charge in [-0.3, -0.25) is 0 Å². The highest BCUT2D eigenvalue weighted by Crippen LogP contribution is 2.24. The lowest BCUT2D eigenvalue weighted by Crippen LogP contribution is -2.27. The summed E-state index contributed by atoms with van der Waals surface area (Å²) in [4.78, 5) is 0. The minimum absolute atomic E-state index is 0.846. The molecule has 0 heterocycles. The first kappa shape index (κ1) is 9.97. The molecule has 10 heavy (non-hydrogen) atoms. The van der Waals surface area contributed by atoms with Crippen molar-refractivity contribution in [3.05, 3.63) is 0 Å². The van der Waals surface area contributed by atoms with Crippen LogP contribution in [0.3, 0.4) is 0 Å². The second-order valence-electron chi connectivity index (χ2n) is 1.49. The molecule has 0 aromatic carbocycles. The fourth-order valence-electron chi connectivity index (χ4n) is 0.243. The van der Waals surface area contributed by atoms with Crippen molar-refractivity contribution in [2.24, 2.45) is 0 Å². The molecule has 0 bridgehead atoms. The third-order valence-corrected chi connectivity index (χ3v) is 1.07. The summed E-state index contributed by atoms with van der Waals surface area (Å²) in [7, 11) is 0. The van der Waals surface area contributed by atoms with E-state index in [1.807, 2.05) is 0 Å². The van der Waals surface area contributed by atoms with Crippen LogP contribution in [0.15, 0.2) is 0 Å². The van der Waals surface area contributed by atoms with Crippen LogP contribution in [0.4, 0.5) is 17.6 Å². The highest BCUT2D eigenvalue weighted by Gasteiger charge is 2.38. The first-order chi connectivity index (χ1) is 4.48. The molecule has 0 amide bonds. The van der Waals surface area contributed by atoms with E-state index in [1.54, 1.807) is 0 Å². The number of ether oxygens (including phenoxy) is 1. The van der Waals surface area contributed by atoms with E-state index in [0.717, 1.165) is 0 Å². The number of hydrogen-bond acceptors (Lipinski definition) is 1. The van der Waals surface area contributed by atoms with Crippen molar-refractivity contribution in [1.82, 2.24) is 0 Å². The van der Waals surface area contributed by atoms with E-state index in [1.165, 1.54) is 0 Å². The quantitative estimate of drug-likeness (QED) is 0.477. The highest BCUT2D eigenvalue weighted by molar-refractivity contribution is 6.21. The molecule has 0 saturated heterocycles. The zero-order valence-corrected chi connectivity index (χ0v) is 5.55. The Labute approximate surface area is 59.9 Å². The minimum Gasteiger partial charge on any atom is -0.349 e. The Morgan fingerprint density at radius 1 is 1.40 bits per heavy atom. The molecule has 0 aromatic heterocycles. The Morgan fingerprint density at radius 2 is 1.90 bits per heavy atom. The molecule has 6 heteroatoms. The molecule has 0 aliphatic heterocycles. The van der Waals surface area contributed by atoms with E-state index >= 15 is 0 Å². The van der Waals surface area contributed by atoms with Gasteiger partial charge in [0.05, 0.1) is 6.61 Å². The molecular formula is C4H5ClF4O. The van der Waals surface area contributed by atoms with Crippen LogP contribution in [0.25, 0.3) is 0 Å². The molecule has 62 valence electrons. The van der Waals surface area contributed by atoms with Crippen molar-refractivity contribution >= 4 is 11.6 Å². The smallest absolute Gasteiger partial charge is 0.349 e. The van der Waals surface area contributed by atoms with Gasteiger partial charge in [0.15, 0.2) is 12.2 Å². The topological polar surface area (TPSA) is 9.23 Å². The Bertz CT molecular complexity index is 93.7. The average molecular weight is 181 g/mol. The van der Waals surface area contributed by atoms with E-state index in [0.29, 0.717) is 0 Å². The van der Waals surface area contributed by atoms with Gasteiger partial charge in [0, 0.05) is 0 Å². The standard InChI is InChI=1S/C4H5ClF4O/c5-3(1-10-2-6)4(7,8)9/h3H,1-2H2. The average Bonchev–Trinajstić information content (AvgIpc) is 1.80. The van der Waals surface area contributed by atoms with Gasteiger partial charge in [0.2, 0.25) is 0 Å². The molecule has 0 radical (unpaired) electrons. The van der Waals surface area contributed by atoms with Gasteiger partial charge in [-0.25, -0.2) is 4.39 Å². The maximum Gasteiger partial charge on any atom is 0.407 e. The summed E-state index contributed by atoms with van der Waals surface area (Å²) >= 11 is 4.72. The van der Waals surface area contributed by atoms with Gasteiger partial charge in [-0.2, -0.15) is 13.2 Å². The van der Waals surface area contributed by atoms with Crippen LogP contribution < -0.4 is 0 Å². The highest BCUT2D eigenvalue weighted by atomic mass is 35.5. The lowest BCUT2D eigenvalue weighted by Gasteiger charge is -2.11. The lowest BCUT2D eigenvalue weighted by atomic mass is 10.4. The normalized spacial score (nSPS) is 15.3. The van der Waals surface area contributed by atoms with E-state index in [9.17, 15) is 17.6 Å². The van der Waals surface area contributed by atoms with Crippen LogP contribution >= 0.6 is 11.6 Å². The molecule has 0 rings (SSSR count). The largest absolute Gasteiger partial charge is 0.407 e. The molecule has 0 fully saturated rings. The van der Waals surface area contributed by atoms with Gasteiger partial charge in [-0.05, 0) is 0 Å². The molecule has 0 aliphatic rings. The summed E-state index contributed by atoms with van der Waals surface area (Å²) in [6, 6.07) is 0. The predicted molar refractivity (Wildman–Crippen MR) is 27.6 cm³/mol. The molecule has 0 spiro atoms. The van der Waals surface area contributed by atoms with Crippen LogP contribution in [0.2, 0.25) is 0 Å². The molecule has 0 N–H and O–H groups in total. The molecular weight excluding hydrogens is 175 g/mol. The number of hydrogen-bond donors (Lipinski definition) is 0. The van der Waals surface area contributed by atoms with Gasteiger partial charge in [0.25, 0.3) is 0 Å². The maximum absolute atomic E-state index is 11.4. The zero-order chi connectivity index (χ0) is 8.20. The fraction of sp³-hybridized carbons (Fsp3) is 1.00. The van der Waals surface area contributed by atoms with Crippen molar-refractivity contribution in [2.75, 3.05) is 13.5 Å². The molecule has 0 aromatic rings. The Morgan fingerprint density at radius 3 is 2.20 bits per heavy atom. The Kier molecular flexibility index (Phi) is 3.96. The summed E-state index contributed by atoms with van der Waals surface area (Å²) in [6.07, 6.45) is -4.52. The van der Waals surface area contributed by atoms with E-state index in [4.69, 9.17) is 11.6 Å². The van der Waals surface area contributed by atoms with Crippen molar-refractivity contribution in [2.45, 2.75) is 11.6 Å². The van der Waals surface area contributed by atoms with Crippen LogP contribution in [0.1, 0.15) is 0 Å². The van der Waals surface area contributed by atoms with Gasteiger partial charge >= 0.3 is 6.18 Å². The van der Waals surface area contributed by atoms with Crippen LogP contribution in [0, 0.1) is 0 Å². The van der Waals surface area contributed by atoms with E-state index < -0.39 is 25.0 Å². The predicted octanol–water partition coefficient (Wildman–Crippen LogP) is 2.10. The van der Waals surface area contributed by atoms with Crippen molar-refractivity contribution in [3.8, 4) is 0 Å². The van der Waals surface area contributed by atoms with Gasteiger partial charge < -0.3 is 4.74 Å². The van der Waals surface area contributed by atoms with Gasteiger partial charge in [-0.1, -0.05) is 0 Å². The summed E-state index contributed by atoms with van der Waals surface area (Å²) in [6.45, 7) is -2.10. The second kappa shape index (κ2) is 3.98. The third-order valence-electron chi connectivity index (χ3n) is 0.697. The van der Waals surface area contributed by atoms with E-state index in [2.05, 4.69) is 4.74 Å². The van der Waals surface area contributed by atoms with Crippen molar-refractivity contribution in [1.29, 1.82) is 0 Å². The second-order valence-corrected chi connectivity index (χ2v) is 2.02. The summed E-state index contributed by atoms with van der Waals surface area (Å²) in [5, 5.41) is -2.12. The zero-order valence-electron chi connectivity index (χ0n) is 4.79. The third kappa shape index (κ3) is 3.90. The molecule has 1 unspecified atom stereocenters. The number of rotatable bonds is 3. The minimum atomic E-state index is -4.52. The van der Waals surface area contributed by atoms with Gasteiger partial charge in [0.1, 0.15) is 0 Å². The summed E-state index contributed by atoms with van der Waals surface area (Å²) in [5.74, 6) is 0. The number of alkyl halides is 5. The lowest BCUT2D eigenvalue weighted by molar-refractivity contribution is -0.143. The van der Waals surface area contributed by atoms with E-state index in [-0.39, 0.29) is 0 Å². The van der Waals surface area contributed by atoms with Crippen molar-refractivity contribution < 1.29 is 22.3 Å². The Hall–Kier alpha value is -0.0300. The summed E-state index contributed by atoms with van der Waals surface area (Å²) < 4.78 is 49.2. The Balaban J connectivity index is 3.52. The van der Waals surface area contributed by atoms with Gasteiger partial charge in [-0.15, -0.1) is 11.6 Å². The molecule has 0 saturated carbocycles. The first-order valence-electron chi connectivity index (χ1n) is 2.33. The van der Waals surface area contributed by atoms with Crippen LogP contribution in [-0.4, -0.2) is 25.0 Å². The first-order valence-corrected chi connectivity index (χ1v) is 2.76. The fourth-order valence-corrected chi connectivity index (χ4v) is 0.332. The molecule has 1 nitrogen and oxygen atoms in total.